The van der Waals surface area contributed by atoms with Crippen molar-refractivity contribution in [2.45, 2.75) is 39.5 Å². The molecule has 26 heavy (non-hydrogen) atoms. The zero-order valence-corrected chi connectivity index (χ0v) is 16.4. The molecule has 0 bridgehead atoms. The van der Waals surface area contributed by atoms with Crippen LogP contribution in [0.4, 0.5) is 5.69 Å². The summed E-state index contributed by atoms with van der Waals surface area (Å²) in [6.07, 6.45) is 1.58. The maximum Gasteiger partial charge on any atom is 0.262 e. The number of nitrogens with one attached hydrogen (secondary N) is 1. The average Bonchev–Trinajstić information content (AvgIpc) is 3.00. The lowest BCUT2D eigenvalue weighted by atomic mass is 10.0. The van der Waals surface area contributed by atoms with E-state index in [1.165, 1.54) is 0 Å². The van der Waals surface area contributed by atoms with Crippen molar-refractivity contribution in [1.29, 1.82) is 0 Å². The van der Waals surface area contributed by atoms with Gasteiger partial charge in [0.15, 0.2) is 5.89 Å². The van der Waals surface area contributed by atoms with Crippen LogP contribution >= 0.6 is 0 Å². The summed E-state index contributed by atoms with van der Waals surface area (Å²) in [6.45, 7) is 9.31. The first-order valence-electron chi connectivity index (χ1n) is 8.32. The van der Waals surface area contributed by atoms with Gasteiger partial charge in [0.1, 0.15) is 12.0 Å². The molecule has 0 unspecified atom stereocenters. The van der Waals surface area contributed by atoms with Gasteiger partial charge in [-0.15, -0.1) is 0 Å². The number of nitrogens with zero attached hydrogens (tertiary/aromatic N) is 1. The first kappa shape index (κ1) is 18.2. The molecule has 0 amide bonds. The maximum atomic E-state index is 13.0. The fraction of sp³-hybridized carbons (Fsp3) is 0.250. The van der Waals surface area contributed by atoms with Gasteiger partial charge >= 0.3 is 0 Å². The molecule has 136 valence electrons. The first-order chi connectivity index (χ1) is 12.2. The molecule has 0 aliphatic heterocycles. The summed E-state index contributed by atoms with van der Waals surface area (Å²) in [5.74, 6) is 0.588. The number of aryl methyl sites for hydroxylation is 3. The van der Waals surface area contributed by atoms with Gasteiger partial charge in [0.05, 0.1) is 4.90 Å². The first-order valence-corrected chi connectivity index (χ1v) is 9.80. The van der Waals surface area contributed by atoms with Crippen molar-refractivity contribution in [3.8, 4) is 11.3 Å². The third kappa shape index (κ3) is 3.37. The highest BCUT2D eigenvalue weighted by atomic mass is 32.2. The van der Waals surface area contributed by atoms with Crippen LogP contribution in [0.2, 0.25) is 0 Å². The topological polar surface area (TPSA) is 72.2 Å². The summed E-state index contributed by atoms with van der Waals surface area (Å²) in [6, 6.07) is 9.10. The Hall–Kier alpha value is -2.60. The second kappa shape index (κ2) is 6.61. The number of benzene rings is 2. The van der Waals surface area contributed by atoms with Crippen molar-refractivity contribution in [3.63, 3.8) is 0 Å². The largest absolute Gasteiger partial charge is 0.449 e. The Kier molecular flexibility index (Phi) is 4.63. The number of sulfonamides is 1. The van der Waals surface area contributed by atoms with Crippen LogP contribution in [0.15, 0.2) is 45.9 Å². The molecule has 3 rings (SSSR count). The second-order valence-electron chi connectivity index (χ2n) is 6.52. The van der Waals surface area contributed by atoms with Crippen LogP contribution < -0.4 is 4.72 Å². The summed E-state index contributed by atoms with van der Waals surface area (Å²) < 4.78 is 33.8. The quantitative estimate of drug-likeness (QED) is 0.723. The Bertz CT molecular complexity index is 1040. The molecule has 0 aliphatic carbocycles. The summed E-state index contributed by atoms with van der Waals surface area (Å²) in [7, 11) is -3.68. The lowest BCUT2D eigenvalue weighted by Crippen LogP contribution is -2.17. The van der Waals surface area contributed by atoms with Crippen LogP contribution in [-0.4, -0.2) is 13.4 Å². The predicted octanol–water partition coefficient (Wildman–Crippen LogP) is 4.68. The van der Waals surface area contributed by atoms with E-state index in [1.807, 2.05) is 45.9 Å². The van der Waals surface area contributed by atoms with E-state index in [0.29, 0.717) is 16.5 Å². The van der Waals surface area contributed by atoms with Gasteiger partial charge in [-0.25, -0.2) is 13.4 Å². The fourth-order valence-electron chi connectivity index (χ4n) is 2.99. The minimum Gasteiger partial charge on any atom is -0.449 e. The van der Waals surface area contributed by atoms with Crippen LogP contribution in [-0.2, 0) is 10.0 Å². The lowest BCUT2D eigenvalue weighted by Gasteiger charge is -2.16. The zero-order valence-electron chi connectivity index (χ0n) is 15.5. The molecule has 0 aliphatic rings. The van der Waals surface area contributed by atoms with Crippen molar-refractivity contribution < 1.29 is 12.8 Å². The summed E-state index contributed by atoms with van der Waals surface area (Å²) in [4.78, 5) is 4.62. The highest BCUT2D eigenvalue weighted by Crippen LogP contribution is 2.28. The number of hydrogen-bond donors (Lipinski definition) is 1. The third-order valence-electron chi connectivity index (χ3n) is 4.62. The Morgan fingerprint density at radius 1 is 0.923 bits per heavy atom. The van der Waals surface area contributed by atoms with E-state index in [-0.39, 0.29) is 0 Å². The monoisotopic (exact) mass is 370 g/mol. The normalized spacial score (nSPS) is 11.6. The Morgan fingerprint density at radius 3 is 2.00 bits per heavy atom. The molecular formula is C20H22N2O3S. The highest BCUT2D eigenvalue weighted by molar-refractivity contribution is 7.92. The molecule has 0 radical (unpaired) electrons. The molecule has 0 atom stereocenters. The van der Waals surface area contributed by atoms with Gasteiger partial charge in [-0.1, -0.05) is 18.2 Å². The van der Waals surface area contributed by atoms with Gasteiger partial charge in [0, 0.05) is 18.2 Å². The van der Waals surface area contributed by atoms with E-state index in [0.717, 1.165) is 33.5 Å². The van der Waals surface area contributed by atoms with Crippen LogP contribution in [0.25, 0.3) is 11.3 Å². The molecule has 1 aromatic heterocycles. The SMILES string of the molecule is Cc1nc(-c2ccc(NS(=O)(=O)c3c(C)c(C)cc(C)c3C)cc2)co1. The van der Waals surface area contributed by atoms with E-state index in [2.05, 4.69) is 9.71 Å². The van der Waals surface area contributed by atoms with Crippen LogP contribution in [0.5, 0.6) is 0 Å². The summed E-state index contributed by atoms with van der Waals surface area (Å²) in [5, 5.41) is 0. The van der Waals surface area contributed by atoms with Gasteiger partial charge in [0.25, 0.3) is 10.0 Å². The smallest absolute Gasteiger partial charge is 0.262 e. The van der Waals surface area contributed by atoms with Crippen LogP contribution in [0.1, 0.15) is 28.1 Å². The van der Waals surface area contributed by atoms with Gasteiger partial charge in [0.2, 0.25) is 0 Å². The van der Waals surface area contributed by atoms with Crippen molar-refractivity contribution >= 4 is 15.7 Å². The van der Waals surface area contributed by atoms with Crippen LogP contribution in [0, 0.1) is 34.6 Å². The van der Waals surface area contributed by atoms with Crippen molar-refractivity contribution in [1.82, 2.24) is 4.98 Å². The Balaban J connectivity index is 1.94. The lowest BCUT2D eigenvalue weighted by molar-refractivity contribution is 0.521. The molecule has 5 nitrogen and oxygen atoms in total. The van der Waals surface area contributed by atoms with E-state index >= 15 is 0 Å². The van der Waals surface area contributed by atoms with Gasteiger partial charge in [-0.05, 0) is 62.1 Å². The molecule has 1 heterocycles. The van der Waals surface area contributed by atoms with Crippen LogP contribution in [0.3, 0.4) is 0 Å². The molecule has 0 spiro atoms. The third-order valence-corrected chi connectivity index (χ3v) is 6.27. The number of aromatic nitrogens is 1. The molecule has 6 heteroatoms. The van der Waals surface area contributed by atoms with E-state index < -0.39 is 10.0 Å². The Morgan fingerprint density at radius 2 is 1.50 bits per heavy atom. The highest BCUT2D eigenvalue weighted by Gasteiger charge is 2.22. The zero-order chi connectivity index (χ0) is 19.1. The van der Waals surface area contributed by atoms with E-state index in [9.17, 15) is 8.42 Å². The standard InChI is InChI=1S/C20H22N2O3S/c1-12-10-13(2)15(4)20(14(12)3)26(23,24)22-18-8-6-17(7-9-18)19-11-25-16(5)21-19/h6-11,22H,1-5H3. The Labute approximate surface area is 154 Å². The second-order valence-corrected chi connectivity index (χ2v) is 8.14. The van der Waals surface area contributed by atoms with Crippen molar-refractivity contribution in [2.24, 2.45) is 0 Å². The summed E-state index contributed by atoms with van der Waals surface area (Å²) >= 11 is 0. The molecular weight excluding hydrogens is 348 g/mol. The number of oxazole rings is 1. The summed E-state index contributed by atoms with van der Waals surface area (Å²) in [5.41, 5.74) is 5.56. The number of hydrogen-bond acceptors (Lipinski definition) is 4. The predicted molar refractivity (Wildman–Crippen MR) is 103 cm³/mol. The minimum atomic E-state index is -3.68. The fourth-order valence-corrected chi connectivity index (χ4v) is 4.67. The molecule has 0 saturated carbocycles. The average molecular weight is 370 g/mol. The van der Waals surface area contributed by atoms with Gasteiger partial charge < -0.3 is 4.42 Å². The molecule has 2 aromatic carbocycles. The molecule has 0 saturated heterocycles. The van der Waals surface area contributed by atoms with Crippen molar-refractivity contribution in [3.05, 3.63) is 64.7 Å². The number of rotatable bonds is 4. The van der Waals surface area contributed by atoms with Gasteiger partial charge in [-0.3, -0.25) is 4.72 Å². The molecule has 3 aromatic rings. The van der Waals surface area contributed by atoms with Gasteiger partial charge in [-0.2, -0.15) is 0 Å². The molecule has 0 fully saturated rings. The minimum absolute atomic E-state index is 0.353. The number of anilines is 1. The molecule has 1 N–H and O–H groups in total. The van der Waals surface area contributed by atoms with E-state index in [4.69, 9.17) is 4.42 Å². The van der Waals surface area contributed by atoms with Crippen molar-refractivity contribution in [2.75, 3.05) is 4.72 Å². The van der Waals surface area contributed by atoms with E-state index in [1.54, 1.807) is 25.3 Å². The maximum absolute atomic E-state index is 13.0.